The number of carbonyl (C=O) groups excluding carboxylic acids is 14. The smallest absolute Gasteiger partial charge is 0.326 e. The number of amides is 14. The molecule has 0 unspecified atom stereocenters. The van der Waals surface area contributed by atoms with Gasteiger partial charge in [0.2, 0.25) is 82.7 Å². The summed E-state index contributed by atoms with van der Waals surface area (Å²) in [6.07, 6.45) is 17.3. The summed E-state index contributed by atoms with van der Waals surface area (Å²) in [6.45, 7) is 1.18. The summed E-state index contributed by atoms with van der Waals surface area (Å²) < 4.78 is 0. The summed E-state index contributed by atoms with van der Waals surface area (Å²) >= 11 is 0. The van der Waals surface area contributed by atoms with Crippen molar-refractivity contribution in [2.45, 2.75) is 170 Å². The molecule has 678 valence electrons. The second-order valence-corrected chi connectivity index (χ2v) is 29.7. The lowest BCUT2D eigenvalue weighted by molar-refractivity contribution is -0.142. The molecule has 0 fully saturated rings. The third kappa shape index (κ3) is 30.7. The van der Waals surface area contributed by atoms with E-state index < -0.39 is 212 Å². The minimum atomic E-state index is -1.83. The maximum absolute atomic E-state index is 15.1. The second kappa shape index (κ2) is 48.0. The van der Waals surface area contributed by atoms with Gasteiger partial charge in [0, 0.05) is 107 Å². The van der Waals surface area contributed by atoms with Gasteiger partial charge < -0.3 is 140 Å². The average molecular weight is 1760 g/mol. The largest absolute Gasteiger partial charge is 0.480 e. The molecule has 8 heterocycles. The number of aromatic nitrogens is 16. The summed E-state index contributed by atoms with van der Waals surface area (Å²) in [5.41, 5.74) is 8.00. The number of carbonyl (C=O) groups is 15. The Morgan fingerprint density at radius 3 is 0.866 bits per heavy atom. The summed E-state index contributed by atoms with van der Waals surface area (Å²) in [5, 5.41) is 75.6. The zero-order valence-corrected chi connectivity index (χ0v) is 68.8. The fourth-order valence-corrected chi connectivity index (χ4v) is 12.8. The van der Waals surface area contributed by atoms with Crippen LogP contribution in [0.25, 0.3) is 0 Å². The first kappa shape index (κ1) is 95.6. The van der Waals surface area contributed by atoms with Crippen LogP contribution in [0.5, 0.6) is 0 Å². The third-order valence-electron chi connectivity index (χ3n) is 19.3. The first-order valence-corrected chi connectivity index (χ1v) is 39.9. The van der Waals surface area contributed by atoms with Gasteiger partial charge in [0.15, 0.2) is 0 Å². The van der Waals surface area contributed by atoms with Crippen LogP contribution in [0.4, 0.5) is 0 Å². The van der Waals surface area contributed by atoms with E-state index in [1.807, 2.05) is 0 Å². The molecule has 14 amide bonds. The molecule has 50 nitrogen and oxygen atoms in total. The number of carboxylic acid groups (broad SMARTS) is 1. The van der Waals surface area contributed by atoms with Gasteiger partial charge in [-0.3, -0.25) is 67.1 Å². The van der Waals surface area contributed by atoms with E-state index in [1.165, 1.54) is 107 Å². The summed E-state index contributed by atoms with van der Waals surface area (Å²) in [6, 6.07) is -12.2. The quantitative estimate of drug-likeness (QED) is 0.0168. The van der Waals surface area contributed by atoms with Crippen molar-refractivity contribution in [3.63, 3.8) is 0 Å². The van der Waals surface area contributed by atoms with Crippen LogP contribution in [-0.4, -0.2) is 300 Å². The Hall–Kier alpha value is -15.2. The Bertz CT molecular complexity index is 5020. The van der Waals surface area contributed by atoms with Crippen LogP contribution in [0.3, 0.4) is 0 Å². The van der Waals surface area contributed by atoms with Crippen LogP contribution in [-0.2, 0) is 130 Å². The number of hydrogen-bond donors (Lipinski definition) is 27. The lowest BCUT2D eigenvalue weighted by atomic mass is 10.0. The predicted molar refractivity (Wildman–Crippen MR) is 439 cm³/mol. The van der Waals surface area contributed by atoms with E-state index >= 15 is 14.4 Å². The Balaban J connectivity index is 0.863. The topological polar surface area (TPSA) is 761 Å². The molecule has 1 aromatic carbocycles. The number of benzene rings is 1. The molecule has 127 heavy (non-hydrogen) atoms. The highest BCUT2D eigenvalue weighted by Gasteiger charge is 2.39. The fourth-order valence-electron chi connectivity index (χ4n) is 12.8. The van der Waals surface area contributed by atoms with Crippen molar-refractivity contribution >= 4 is 88.7 Å². The van der Waals surface area contributed by atoms with Gasteiger partial charge in [-0.1, -0.05) is 44.2 Å². The minimum Gasteiger partial charge on any atom is -0.480 e. The molecule has 0 saturated heterocycles. The highest BCUT2D eigenvalue weighted by molar-refractivity contribution is 6.00. The Morgan fingerprint density at radius 2 is 0.591 bits per heavy atom. The molecule has 0 bridgehead atoms. The lowest BCUT2D eigenvalue weighted by Crippen LogP contribution is -2.62. The van der Waals surface area contributed by atoms with E-state index in [9.17, 15) is 78.0 Å². The number of H-pyrrole nitrogens is 8. The van der Waals surface area contributed by atoms with Gasteiger partial charge in [0.1, 0.15) is 78.5 Å². The number of nitrogens with one attached hydrogen (secondary N) is 22. The lowest BCUT2D eigenvalue weighted by Gasteiger charge is -2.28. The number of aromatic amines is 8. The van der Waals surface area contributed by atoms with Crippen molar-refractivity contribution in [1.29, 1.82) is 0 Å². The maximum Gasteiger partial charge on any atom is 0.326 e. The minimum absolute atomic E-state index is 0.00129. The number of imidazole rings is 8. The van der Waals surface area contributed by atoms with Crippen molar-refractivity contribution in [3.8, 4) is 0 Å². The van der Waals surface area contributed by atoms with Crippen LogP contribution in [0.15, 0.2) is 131 Å². The van der Waals surface area contributed by atoms with Crippen LogP contribution in [0.1, 0.15) is 78.3 Å². The zero-order chi connectivity index (χ0) is 91.5. The molecule has 9 rings (SSSR count). The Labute approximate surface area is 721 Å². The van der Waals surface area contributed by atoms with Gasteiger partial charge in [-0.2, -0.15) is 0 Å². The summed E-state index contributed by atoms with van der Waals surface area (Å²) in [4.78, 5) is 267. The molecule has 14 atom stereocenters. The van der Waals surface area contributed by atoms with Gasteiger partial charge in [-0.05, 0) is 24.8 Å². The first-order chi connectivity index (χ1) is 61.0. The van der Waals surface area contributed by atoms with Crippen molar-refractivity contribution in [2.24, 2.45) is 11.7 Å². The first-order valence-electron chi connectivity index (χ1n) is 39.9. The second-order valence-electron chi connectivity index (χ2n) is 29.7. The number of aliphatic hydroxyl groups is 3. The third-order valence-corrected chi connectivity index (χ3v) is 19.3. The van der Waals surface area contributed by atoms with E-state index in [4.69, 9.17) is 5.73 Å². The highest BCUT2D eigenvalue weighted by atomic mass is 16.4. The molecule has 0 saturated carbocycles. The van der Waals surface area contributed by atoms with E-state index in [1.54, 1.807) is 44.2 Å². The van der Waals surface area contributed by atoms with E-state index in [2.05, 4.69) is 154 Å². The number of rotatable bonds is 52. The number of aliphatic hydroxyl groups excluding tert-OH is 3. The van der Waals surface area contributed by atoms with Crippen LogP contribution in [0, 0.1) is 5.92 Å². The molecule has 0 spiro atoms. The molecule has 9 aromatic rings. The SMILES string of the molecule is CC(C)C[C@H](NC(=O)[C@H](Cc1ccccc1)NC(=O)[C@@H](NC(=O)[C@@H](N)CO)[C@@H](C)O)C(=O)NCC(=O)NCC(=O)N[C@@H](CO)C(=O)N[C@@H](Cc1c[nH]cn1)C(=O)N[C@@H](Cc1c[nH]cn1)C(=O)N[C@@H](Cc1c[nH]cn1)C(=O)N[C@@H](Cc1c[nH]cn1)C(=O)N[C@@H](Cc1c[nH]cn1)C(=O)N[C@@H](Cc1c[nH]cn1)C(=O)N[C@@H](Cc1c[nH]cn1)C(=O)N[C@@H](Cc1c[nH]cn1)C(=O)O. The molecule has 50 heteroatoms. The summed E-state index contributed by atoms with van der Waals surface area (Å²) in [5.74, 6) is -15.7. The highest BCUT2D eigenvalue weighted by Crippen LogP contribution is 2.15. The normalized spacial score (nSPS) is 14.5. The van der Waals surface area contributed by atoms with Gasteiger partial charge >= 0.3 is 5.97 Å². The Morgan fingerprint density at radius 1 is 0.315 bits per heavy atom. The zero-order valence-electron chi connectivity index (χ0n) is 68.8. The van der Waals surface area contributed by atoms with Crippen LogP contribution in [0.2, 0.25) is 0 Å². The number of hydrogen-bond acceptors (Lipinski definition) is 27. The van der Waals surface area contributed by atoms with Crippen molar-refractivity contribution < 1.29 is 92.3 Å². The van der Waals surface area contributed by atoms with Crippen molar-refractivity contribution in [2.75, 3.05) is 26.3 Å². The van der Waals surface area contributed by atoms with Gasteiger partial charge in [-0.15, -0.1) is 0 Å². The number of carboxylic acids is 1. The monoisotopic (exact) mass is 1760 g/mol. The Kier molecular flexibility index (Phi) is 36.1. The summed E-state index contributed by atoms with van der Waals surface area (Å²) in [7, 11) is 0. The number of nitrogens with zero attached hydrogens (tertiary/aromatic N) is 8. The maximum atomic E-state index is 15.1. The number of aliphatic carboxylic acids is 1. The molecule has 8 aromatic heterocycles. The van der Waals surface area contributed by atoms with E-state index in [0.717, 1.165) is 0 Å². The molecular formula is C77H101N31O19. The van der Waals surface area contributed by atoms with Crippen molar-refractivity contribution in [1.82, 2.24) is 154 Å². The van der Waals surface area contributed by atoms with Gasteiger partial charge in [0.25, 0.3) is 0 Å². The molecule has 0 aliphatic heterocycles. The molecule has 0 radical (unpaired) electrons. The van der Waals surface area contributed by atoms with E-state index in [-0.39, 0.29) is 97.1 Å². The van der Waals surface area contributed by atoms with Crippen LogP contribution >= 0.6 is 0 Å². The van der Waals surface area contributed by atoms with Gasteiger partial charge in [0.05, 0.1) is 129 Å². The predicted octanol–water partition coefficient (Wildman–Crippen LogP) is -9.17. The van der Waals surface area contributed by atoms with E-state index in [0.29, 0.717) is 11.3 Å². The molecule has 0 aliphatic rings. The molecular weight excluding hydrogens is 1660 g/mol. The molecule has 28 N–H and O–H groups in total. The van der Waals surface area contributed by atoms with Crippen molar-refractivity contribution in [3.05, 3.63) is 182 Å². The number of nitrogens with two attached hydrogens (primary N) is 1. The average Bonchev–Trinajstić information content (AvgIpc) is 1.83. The fraction of sp³-hybridized carbons (Fsp3) is 0.416. The van der Waals surface area contributed by atoms with Gasteiger partial charge in [-0.25, -0.2) is 44.7 Å². The van der Waals surface area contributed by atoms with Crippen LogP contribution < -0.4 is 80.2 Å². The standard InChI is InChI=1S/C77H101N31O19/c1-39(2)9-51(98-67(116)52(10-41-7-5-4-6-8-41)106-76(125)64(40(3)111)108-65(114)50(78)29-109)66(115)88-27-62(112)87-28-63(113)97-61(30-110)75(124)105-58(16-47-24-84-36-94-47)73(122)103-56(14-45-22-82-34-92-45)71(120)101-54(12-43-20-80-32-90-43)69(118)99-53(11-42-19-79-31-89-42)68(117)100-55(13-44-21-81-33-91-44)70(119)102-57(15-46-23-83-35-93-46)72(121)104-59(17-48-25-85-37-95-48)74(123)107-60(77(126)127)18-49-26-86-38-96-49/h4-8,19-26,31-40,50-61,64,109-111H,9-18,27-30,78H2,1-3H3,(H,79,89)(H,80,90)(H,81,91)(H,82,92)(H,83,93)(H,84,94)(H,85,95)(H,86,96)(H,87,112)(H,88,115)(H,97,113)(H,98,116)(H,99,118)(H,100,117)(H,101,120)(H,102,119)(H,103,122)(H,104,121)(H,105,124)(H,106,125)(H,107,123)(H,108,114)(H,126,127)/t40-,50+,51+,52+,53+,54+,55+,56+,57+,58+,59+,60+,61+,64+/m1/s1. The molecule has 0 aliphatic carbocycles.